The SMILES string of the molecule is CP(C)(=O)c1cc(C(N)=O)ccc1Nc1nc(Nc2ccc3c(c2)CCC(N2CCCC2)CC3)ncc1Cl. The molecule has 0 bridgehead atoms. The normalized spacial score (nSPS) is 18.0. The number of carbonyl (C=O) groups is 1. The van der Waals surface area contributed by atoms with Crippen LogP contribution in [0.15, 0.2) is 42.6 Å². The largest absolute Gasteiger partial charge is 0.366 e. The monoisotopic (exact) mass is 552 g/mol. The first kappa shape index (κ1) is 26.7. The molecular weight excluding hydrogens is 519 g/mol. The summed E-state index contributed by atoms with van der Waals surface area (Å²) in [4.78, 5) is 23.3. The lowest BCUT2D eigenvalue weighted by Gasteiger charge is -2.25. The van der Waals surface area contributed by atoms with Crippen molar-refractivity contribution < 1.29 is 9.36 Å². The van der Waals surface area contributed by atoms with Crippen molar-refractivity contribution in [1.29, 1.82) is 0 Å². The molecule has 4 N–H and O–H groups in total. The highest BCUT2D eigenvalue weighted by Gasteiger charge is 2.24. The van der Waals surface area contributed by atoms with Crippen LogP contribution in [0, 0.1) is 0 Å². The molecule has 1 unspecified atom stereocenters. The van der Waals surface area contributed by atoms with E-state index in [1.807, 2.05) is 0 Å². The molecule has 1 saturated heterocycles. The molecule has 1 aliphatic heterocycles. The second kappa shape index (κ2) is 11.0. The fraction of sp³-hybridized carbons (Fsp3) is 0.393. The summed E-state index contributed by atoms with van der Waals surface area (Å²) in [5.41, 5.74) is 10.0. The van der Waals surface area contributed by atoms with Crippen LogP contribution in [-0.4, -0.2) is 53.2 Å². The second-order valence-electron chi connectivity index (χ2n) is 10.5. The van der Waals surface area contributed by atoms with Gasteiger partial charge >= 0.3 is 0 Å². The van der Waals surface area contributed by atoms with E-state index in [2.05, 4.69) is 43.7 Å². The van der Waals surface area contributed by atoms with E-state index in [9.17, 15) is 9.36 Å². The predicted octanol–water partition coefficient (Wildman–Crippen LogP) is 5.31. The Labute approximate surface area is 228 Å². The first-order valence-electron chi connectivity index (χ1n) is 13.1. The van der Waals surface area contributed by atoms with E-state index in [4.69, 9.17) is 17.3 Å². The molecule has 2 aromatic carbocycles. The molecule has 1 aliphatic carbocycles. The number of hydrogen-bond donors (Lipinski definition) is 3. The number of nitrogens with zero attached hydrogens (tertiary/aromatic N) is 3. The first-order chi connectivity index (χ1) is 18.2. The van der Waals surface area contributed by atoms with Crippen molar-refractivity contribution >= 4 is 53.1 Å². The maximum Gasteiger partial charge on any atom is 0.248 e. The summed E-state index contributed by atoms with van der Waals surface area (Å²) >= 11 is 6.42. The van der Waals surface area contributed by atoms with Gasteiger partial charge in [-0.2, -0.15) is 4.98 Å². The summed E-state index contributed by atoms with van der Waals surface area (Å²) < 4.78 is 13.0. The molecule has 38 heavy (non-hydrogen) atoms. The lowest BCUT2D eigenvalue weighted by molar-refractivity contribution is 0.100. The van der Waals surface area contributed by atoms with Crippen LogP contribution in [-0.2, 0) is 17.4 Å². The summed E-state index contributed by atoms with van der Waals surface area (Å²) in [7, 11) is -2.74. The Balaban J connectivity index is 1.34. The van der Waals surface area contributed by atoms with E-state index in [0.717, 1.165) is 18.5 Å². The molecule has 2 aliphatic rings. The van der Waals surface area contributed by atoms with Crippen molar-refractivity contribution in [1.82, 2.24) is 14.9 Å². The van der Waals surface area contributed by atoms with Crippen LogP contribution < -0.4 is 21.7 Å². The third-order valence-corrected chi connectivity index (χ3v) is 9.28. The number of amides is 1. The second-order valence-corrected chi connectivity index (χ2v) is 14.1. The van der Waals surface area contributed by atoms with E-state index in [1.165, 1.54) is 56.1 Å². The van der Waals surface area contributed by atoms with Crippen molar-refractivity contribution in [3.63, 3.8) is 0 Å². The summed E-state index contributed by atoms with van der Waals surface area (Å²) in [5.74, 6) is 0.186. The molecule has 1 fully saturated rings. The van der Waals surface area contributed by atoms with Crippen molar-refractivity contribution in [2.24, 2.45) is 5.73 Å². The number of nitrogens with one attached hydrogen (secondary N) is 2. The molecule has 5 rings (SSSR count). The highest BCUT2D eigenvalue weighted by molar-refractivity contribution is 7.70. The standard InChI is InChI=1S/C28H34ClN6O2P/c1-38(2,37)25-16-20(26(30)36)8-12-24(25)33-27-23(29)17-31-28(34-27)32-21-9-5-18-6-10-22(11-7-19(18)15-21)35-13-3-4-14-35/h5,8-9,12,15-17,22H,3-4,6-7,10-11,13-14H2,1-2H3,(H2,30,36)(H2,31,32,33,34). The van der Waals surface area contributed by atoms with Gasteiger partial charge in [0.05, 0.1) is 11.9 Å². The molecule has 3 aromatic rings. The molecule has 10 heteroatoms. The zero-order chi connectivity index (χ0) is 26.9. The van der Waals surface area contributed by atoms with Gasteiger partial charge in [-0.25, -0.2) is 4.98 Å². The smallest absolute Gasteiger partial charge is 0.248 e. The molecule has 200 valence electrons. The minimum atomic E-state index is -2.74. The van der Waals surface area contributed by atoms with Crippen molar-refractivity contribution in [2.45, 2.75) is 44.6 Å². The summed E-state index contributed by atoms with van der Waals surface area (Å²) in [5, 5.41) is 7.31. The molecular formula is C28H34ClN6O2P. The number of fused-ring (bicyclic) bond motifs is 1. The van der Waals surface area contributed by atoms with E-state index in [0.29, 0.717) is 39.4 Å². The van der Waals surface area contributed by atoms with Crippen molar-refractivity contribution in [3.8, 4) is 0 Å². The summed E-state index contributed by atoms with van der Waals surface area (Å²) in [6.07, 6.45) is 8.77. The number of nitrogens with two attached hydrogens (primary N) is 1. The quantitative estimate of drug-likeness (QED) is 0.269. The Kier molecular flexibility index (Phi) is 7.75. The Morgan fingerprint density at radius 2 is 1.79 bits per heavy atom. The van der Waals surface area contributed by atoms with Crippen molar-refractivity contribution in [2.75, 3.05) is 37.1 Å². The van der Waals surface area contributed by atoms with Gasteiger partial charge in [-0.05, 0) is 106 Å². The molecule has 0 saturated carbocycles. The Morgan fingerprint density at radius 1 is 1.05 bits per heavy atom. The maximum absolute atomic E-state index is 13.0. The fourth-order valence-corrected chi connectivity index (χ4v) is 6.75. The number of likely N-dealkylation sites (tertiary alicyclic amines) is 1. The van der Waals surface area contributed by atoms with Gasteiger partial charge in [0.25, 0.3) is 0 Å². The van der Waals surface area contributed by atoms with Crippen LogP contribution in [0.1, 0.15) is 47.2 Å². The fourth-order valence-electron chi connectivity index (χ4n) is 5.45. The third kappa shape index (κ3) is 6.04. The average molecular weight is 553 g/mol. The van der Waals surface area contributed by atoms with Gasteiger partial charge in [0, 0.05) is 22.6 Å². The van der Waals surface area contributed by atoms with Crippen molar-refractivity contribution in [3.05, 3.63) is 64.3 Å². The zero-order valence-electron chi connectivity index (χ0n) is 21.8. The highest BCUT2D eigenvalue weighted by Crippen LogP contribution is 2.39. The molecule has 1 amide bonds. The molecule has 1 aromatic heterocycles. The van der Waals surface area contributed by atoms with E-state index in [-0.39, 0.29) is 0 Å². The number of rotatable bonds is 7. The molecule has 1 atom stereocenters. The number of aromatic nitrogens is 2. The van der Waals surface area contributed by atoms with E-state index < -0.39 is 13.0 Å². The number of carbonyl (C=O) groups excluding carboxylic acids is 1. The molecule has 0 radical (unpaired) electrons. The van der Waals surface area contributed by atoms with Gasteiger partial charge in [-0.3, -0.25) is 4.79 Å². The zero-order valence-corrected chi connectivity index (χ0v) is 23.5. The third-order valence-electron chi connectivity index (χ3n) is 7.47. The predicted molar refractivity (Wildman–Crippen MR) is 155 cm³/mol. The van der Waals surface area contributed by atoms with Crippen LogP contribution in [0.25, 0.3) is 0 Å². The van der Waals surface area contributed by atoms with Crippen LogP contribution in [0.4, 0.5) is 23.1 Å². The van der Waals surface area contributed by atoms with E-state index >= 15 is 0 Å². The number of benzene rings is 2. The summed E-state index contributed by atoms with van der Waals surface area (Å²) in [6, 6.07) is 12.0. The maximum atomic E-state index is 13.0. The number of hydrogen-bond acceptors (Lipinski definition) is 7. The summed E-state index contributed by atoms with van der Waals surface area (Å²) in [6.45, 7) is 5.75. The van der Waals surface area contributed by atoms with Crippen LogP contribution in [0.3, 0.4) is 0 Å². The van der Waals surface area contributed by atoms with Gasteiger partial charge in [-0.1, -0.05) is 17.7 Å². The molecule has 0 spiro atoms. The molecule has 2 heterocycles. The van der Waals surface area contributed by atoms with Gasteiger partial charge in [0.1, 0.15) is 12.2 Å². The Bertz CT molecular complexity index is 1400. The van der Waals surface area contributed by atoms with Crippen LogP contribution in [0.2, 0.25) is 5.02 Å². The number of halogens is 1. The van der Waals surface area contributed by atoms with Gasteiger partial charge < -0.3 is 25.8 Å². The lowest BCUT2D eigenvalue weighted by Crippen LogP contribution is -2.32. The Morgan fingerprint density at radius 3 is 2.50 bits per heavy atom. The topological polar surface area (TPSA) is 113 Å². The Hall–Kier alpha value is -2.93. The lowest BCUT2D eigenvalue weighted by atomic mass is 10.0. The number of primary amides is 1. The van der Waals surface area contributed by atoms with Gasteiger partial charge in [0.2, 0.25) is 11.9 Å². The molecule has 8 nitrogen and oxygen atoms in total. The van der Waals surface area contributed by atoms with E-state index in [1.54, 1.807) is 31.5 Å². The van der Waals surface area contributed by atoms with Gasteiger partial charge in [-0.15, -0.1) is 0 Å². The average Bonchev–Trinajstić information content (AvgIpc) is 3.33. The number of aryl methyl sites for hydroxylation is 2. The van der Waals surface area contributed by atoms with Crippen LogP contribution >= 0.6 is 18.7 Å². The first-order valence-corrected chi connectivity index (χ1v) is 16.1. The van der Waals surface area contributed by atoms with Gasteiger partial charge in [0.15, 0.2) is 5.82 Å². The van der Waals surface area contributed by atoms with Crippen LogP contribution in [0.5, 0.6) is 0 Å². The minimum Gasteiger partial charge on any atom is -0.366 e. The highest BCUT2D eigenvalue weighted by atomic mass is 35.5. The minimum absolute atomic E-state index is 0.292. The number of anilines is 4.